The summed E-state index contributed by atoms with van der Waals surface area (Å²) in [6.07, 6.45) is 1.29. The Balaban J connectivity index is 2.06. The highest BCUT2D eigenvalue weighted by molar-refractivity contribution is 6.09. The molecule has 4 aromatic rings. The number of nitrogens with zero attached hydrogens (tertiary/aromatic N) is 3. The maximum atomic E-state index is 10.8. The lowest BCUT2D eigenvalue weighted by Gasteiger charge is -2.05. The van der Waals surface area contributed by atoms with Crippen LogP contribution in [0.2, 0.25) is 0 Å². The van der Waals surface area contributed by atoms with Crippen molar-refractivity contribution in [2.24, 2.45) is 0 Å². The third-order valence-corrected chi connectivity index (χ3v) is 3.75. The van der Waals surface area contributed by atoms with E-state index >= 15 is 0 Å². The van der Waals surface area contributed by atoms with Crippen LogP contribution in [0.5, 0.6) is 0 Å². The first-order chi connectivity index (χ1) is 10.8. The van der Waals surface area contributed by atoms with E-state index in [1.807, 2.05) is 41.0 Å². The van der Waals surface area contributed by atoms with E-state index in [-0.39, 0.29) is 5.69 Å². The molecule has 0 atom stereocenters. The van der Waals surface area contributed by atoms with Crippen LogP contribution in [0.4, 0.5) is 5.69 Å². The van der Waals surface area contributed by atoms with Gasteiger partial charge in [-0.2, -0.15) is 0 Å². The number of fused-ring (bicyclic) bond motifs is 3. The fourth-order valence-electron chi connectivity index (χ4n) is 2.79. The molecule has 0 aliphatic heterocycles. The molecule has 0 saturated carbocycles. The minimum atomic E-state index is -0.442. The van der Waals surface area contributed by atoms with Crippen molar-refractivity contribution in [3.05, 3.63) is 77.0 Å². The monoisotopic (exact) mass is 289 g/mol. The Bertz CT molecular complexity index is 950. The average molecular weight is 289 g/mol. The normalized spacial score (nSPS) is 11.1. The van der Waals surface area contributed by atoms with Crippen molar-refractivity contribution < 1.29 is 4.92 Å². The predicted molar refractivity (Wildman–Crippen MR) is 85.2 cm³/mol. The van der Waals surface area contributed by atoms with E-state index < -0.39 is 4.92 Å². The Morgan fingerprint density at radius 2 is 1.45 bits per heavy atom. The number of benzene rings is 2. The molecule has 0 aliphatic carbocycles. The Morgan fingerprint density at radius 1 is 0.864 bits per heavy atom. The maximum absolute atomic E-state index is 10.8. The molecule has 2 aromatic carbocycles. The molecule has 2 aromatic heterocycles. The van der Waals surface area contributed by atoms with Crippen molar-refractivity contribution in [2.45, 2.75) is 0 Å². The molecule has 0 fully saturated rings. The number of para-hydroxylation sites is 2. The van der Waals surface area contributed by atoms with Crippen LogP contribution < -0.4 is 0 Å². The Morgan fingerprint density at radius 3 is 1.95 bits per heavy atom. The first kappa shape index (κ1) is 12.5. The van der Waals surface area contributed by atoms with Crippen LogP contribution in [0.3, 0.4) is 0 Å². The van der Waals surface area contributed by atoms with Gasteiger partial charge < -0.3 is 0 Å². The largest absolute Gasteiger partial charge is 0.294 e. The lowest BCUT2D eigenvalue weighted by molar-refractivity contribution is -0.385. The number of hydrogen-bond acceptors (Lipinski definition) is 3. The van der Waals surface area contributed by atoms with Gasteiger partial charge in [-0.05, 0) is 18.2 Å². The molecule has 5 nitrogen and oxygen atoms in total. The third kappa shape index (κ3) is 1.76. The van der Waals surface area contributed by atoms with Crippen molar-refractivity contribution in [1.82, 2.24) is 9.55 Å². The van der Waals surface area contributed by atoms with Gasteiger partial charge in [0.1, 0.15) is 12.0 Å². The Kier molecular flexibility index (Phi) is 2.66. The standard InChI is InChI=1S/C17H11N3O2/c21-20(22)12-9-10-17(18-11-12)19-15-7-3-1-5-13(15)14-6-2-4-8-16(14)19/h1-11H. The Hall–Kier alpha value is -3.21. The molecule has 5 heteroatoms. The quantitative estimate of drug-likeness (QED) is 0.412. The number of aromatic nitrogens is 2. The summed E-state index contributed by atoms with van der Waals surface area (Å²) in [5, 5.41) is 13.1. The molecule has 22 heavy (non-hydrogen) atoms. The molecule has 0 bridgehead atoms. The van der Waals surface area contributed by atoms with Gasteiger partial charge in [-0.25, -0.2) is 4.98 Å². The van der Waals surface area contributed by atoms with Gasteiger partial charge in [-0.1, -0.05) is 36.4 Å². The molecule has 0 N–H and O–H groups in total. The molecule has 2 heterocycles. The molecule has 0 saturated heterocycles. The van der Waals surface area contributed by atoms with Crippen LogP contribution >= 0.6 is 0 Å². The van der Waals surface area contributed by atoms with E-state index in [2.05, 4.69) is 17.1 Å². The van der Waals surface area contributed by atoms with Crippen molar-refractivity contribution in [1.29, 1.82) is 0 Å². The van der Waals surface area contributed by atoms with Gasteiger partial charge in [-0.3, -0.25) is 14.7 Å². The molecule has 4 rings (SSSR count). The maximum Gasteiger partial charge on any atom is 0.287 e. The summed E-state index contributed by atoms with van der Waals surface area (Å²) in [6.45, 7) is 0. The van der Waals surface area contributed by atoms with Gasteiger partial charge in [-0.15, -0.1) is 0 Å². The van der Waals surface area contributed by atoms with E-state index in [1.54, 1.807) is 6.07 Å². The number of rotatable bonds is 2. The zero-order valence-corrected chi connectivity index (χ0v) is 11.5. The molecular weight excluding hydrogens is 278 g/mol. The summed E-state index contributed by atoms with van der Waals surface area (Å²) < 4.78 is 2.02. The number of pyridine rings is 1. The molecule has 0 spiro atoms. The topological polar surface area (TPSA) is 61.0 Å². The van der Waals surface area contributed by atoms with Crippen LogP contribution in [-0.2, 0) is 0 Å². The zero-order valence-electron chi connectivity index (χ0n) is 11.5. The lowest BCUT2D eigenvalue weighted by Crippen LogP contribution is -1.98. The van der Waals surface area contributed by atoms with Gasteiger partial charge in [0.15, 0.2) is 0 Å². The van der Waals surface area contributed by atoms with Crippen LogP contribution in [0.25, 0.3) is 27.6 Å². The number of hydrogen-bond donors (Lipinski definition) is 0. The highest BCUT2D eigenvalue weighted by Gasteiger charge is 2.13. The van der Waals surface area contributed by atoms with Crippen molar-refractivity contribution >= 4 is 27.5 Å². The minimum absolute atomic E-state index is 0.00971. The van der Waals surface area contributed by atoms with E-state index in [4.69, 9.17) is 0 Å². The summed E-state index contributed by atoms with van der Waals surface area (Å²) in [6, 6.07) is 19.3. The first-order valence-electron chi connectivity index (χ1n) is 6.85. The molecule has 0 aliphatic rings. The minimum Gasteiger partial charge on any atom is -0.294 e. The van der Waals surface area contributed by atoms with Crippen LogP contribution in [0.1, 0.15) is 0 Å². The summed E-state index contributed by atoms with van der Waals surface area (Å²) in [7, 11) is 0. The van der Waals surface area contributed by atoms with Gasteiger partial charge in [0.2, 0.25) is 0 Å². The summed E-state index contributed by atoms with van der Waals surface area (Å²) in [5.41, 5.74) is 2.06. The average Bonchev–Trinajstić information content (AvgIpc) is 2.89. The summed E-state index contributed by atoms with van der Waals surface area (Å²) in [5.74, 6) is 0.669. The third-order valence-electron chi connectivity index (χ3n) is 3.75. The van der Waals surface area contributed by atoms with Crippen LogP contribution in [0, 0.1) is 10.1 Å². The van der Waals surface area contributed by atoms with E-state index in [9.17, 15) is 10.1 Å². The lowest BCUT2D eigenvalue weighted by atomic mass is 10.2. The second kappa shape index (κ2) is 4.66. The van der Waals surface area contributed by atoms with Gasteiger partial charge >= 0.3 is 0 Å². The zero-order chi connectivity index (χ0) is 15.1. The van der Waals surface area contributed by atoms with Gasteiger partial charge in [0.25, 0.3) is 5.69 Å². The van der Waals surface area contributed by atoms with E-state index in [1.165, 1.54) is 12.3 Å². The Labute approximate surface area is 125 Å². The summed E-state index contributed by atoms with van der Waals surface area (Å²) in [4.78, 5) is 14.6. The molecule has 0 radical (unpaired) electrons. The highest BCUT2D eigenvalue weighted by Crippen LogP contribution is 2.31. The molecule has 106 valence electrons. The second-order valence-electron chi connectivity index (χ2n) is 5.00. The van der Waals surface area contributed by atoms with Crippen molar-refractivity contribution in [3.63, 3.8) is 0 Å². The van der Waals surface area contributed by atoms with Crippen LogP contribution in [0.15, 0.2) is 66.9 Å². The molecule has 0 unspecified atom stereocenters. The van der Waals surface area contributed by atoms with E-state index in [0.717, 1.165) is 21.8 Å². The molecular formula is C17H11N3O2. The fourth-order valence-corrected chi connectivity index (χ4v) is 2.79. The van der Waals surface area contributed by atoms with E-state index in [0.29, 0.717) is 5.82 Å². The summed E-state index contributed by atoms with van der Waals surface area (Å²) >= 11 is 0. The van der Waals surface area contributed by atoms with Crippen molar-refractivity contribution in [3.8, 4) is 5.82 Å². The van der Waals surface area contributed by atoms with Crippen LogP contribution in [-0.4, -0.2) is 14.5 Å². The van der Waals surface area contributed by atoms with Gasteiger partial charge in [0, 0.05) is 16.8 Å². The fraction of sp³-hybridized carbons (Fsp3) is 0. The molecule has 0 amide bonds. The predicted octanol–water partition coefficient (Wildman–Crippen LogP) is 4.09. The van der Waals surface area contributed by atoms with Gasteiger partial charge in [0.05, 0.1) is 16.0 Å². The highest BCUT2D eigenvalue weighted by atomic mass is 16.6. The second-order valence-corrected chi connectivity index (χ2v) is 5.00. The van der Waals surface area contributed by atoms with Crippen molar-refractivity contribution in [2.75, 3.05) is 0 Å². The SMILES string of the molecule is O=[N+]([O-])c1ccc(-n2c3ccccc3c3ccccc32)nc1. The smallest absolute Gasteiger partial charge is 0.287 e. The number of nitro groups is 1. The first-order valence-corrected chi connectivity index (χ1v) is 6.85.